The molecule has 0 unspecified atom stereocenters. The minimum Gasteiger partial charge on any atom is -0.478 e. The summed E-state index contributed by atoms with van der Waals surface area (Å²) >= 11 is 0. The molecule has 1 aromatic rings. The Balaban J connectivity index is 3.21. The summed E-state index contributed by atoms with van der Waals surface area (Å²) in [5, 5.41) is 17.9. The molecular weight excluding hydrogens is 256 g/mol. The summed E-state index contributed by atoms with van der Waals surface area (Å²) in [5.41, 5.74) is 0.474. The Kier molecular flexibility index (Phi) is 4.36. The average molecular weight is 272 g/mol. The Hall–Kier alpha value is -2.54. The number of rotatable bonds is 2. The number of aromatic carboxylic acids is 2. The van der Waals surface area contributed by atoms with Crippen LogP contribution in [0.2, 0.25) is 0 Å². The molecule has 20 heavy (non-hydrogen) atoms. The van der Waals surface area contributed by atoms with E-state index in [1.54, 1.807) is 0 Å². The van der Waals surface area contributed by atoms with E-state index in [9.17, 15) is 9.59 Å². The van der Waals surface area contributed by atoms with Crippen LogP contribution in [0.4, 0.5) is 0 Å². The predicted molar refractivity (Wildman–Crippen MR) is 75.8 cm³/mol. The van der Waals surface area contributed by atoms with Gasteiger partial charge in [0.1, 0.15) is 0 Å². The van der Waals surface area contributed by atoms with Crippen LogP contribution in [0.25, 0.3) is 0 Å². The Morgan fingerprint density at radius 3 is 2.10 bits per heavy atom. The highest BCUT2D eigenvalue weighted by atomic mass is 16.4. The quantitative estimate of drug-likeness (QED) is 0.811. The Labute approximate surface area is 117 Å². The lowest BCUT2D eigenvalue weighted by Gasteiger charge is -2.16. The van der Waals surface area contributed by atoms with E-state index in [0.717, 1.165) is 5.57 Å². The van der Waals surface area contributed by atoms with Crippen molar-refractivity contribution in [1.82, 2.24) is 0 Å². The summed E-state index contributed by atoms with van der Waals surface area (Å²) in [6, 6.07) is 3.99. The number of hydrogen-bond acceptors (Lipinski definition) is 2. The predicted octanol–water partition coefficient (Wildman–Crippen LogP) is 3.04. The summed E-state index contributed by atoms with van der Waals surface area (Å²) in [5.74, 6) is 3.11. The molecule has 0 bridgehead atoms. The molecule has 0 aliphatic rings. The maximum Gasteiger partial charge on any atom is 0.336 e. The molecule has 0 fully saturated rings. The fraction of sp³-hybridized carbons (Fsp3) is 0.250. The second-order valence-corrected chi connectivity index (χ2v) is 5.35. The largest absolute Gasteiger partial charge is 0.478 e. The molecule has 0 aliphatic carbocycles. The van der Waals surface area contributed by atoms with Crippen molar-refractivity contribution in [3.05, 3.63) is 47.0 Å². The molecule has 0 radical (unpaired) electrons. The molecule has 1 rings (SSSR count). The summed E-state index contributed by atoms with van der Waals surface area (Å²) < 4.78 is 0. The van der Waals surface area contributed by atoms with Gasteiger partial charge in [0.2, 0.25) is 0 Å². The van der Waals surface area contributed by atoms with Gasteiger partial charge in [-0.1, -0.05) is 39.2 Å². The number of allylic oxidation sites excluding steroid dienone is 1. The highest BCUT2D eigenvalue weighted by Gasteiger charge is 2.16. The molecule has 0 atom stereocenters. The molecule has 0 spiro atoms. The van der Waals surface area contributed by atoms with Gasteiger partial charge in [-0.15, -0.1) is 0 Å². The van der Waals surface area contributed by atoms with Crippen molar-refractivity contribution in [2.75, 3.05) is 0 Å². The van der Waals surface area contributed by atoms with Gasteiger partial charge in [-0.05, 0) is 23.6 Å². The van der Waals surface area contributed by atoms with Crippen molar-refractivity contribution in [3.63, 3.8) is 0 Å². The van der Waals surface area contributed by atoms with E-state index >= 15 is 0 Å². The Morgan fingerprint density at radius 2 is 1.65 bits per heavy atom. The van der Waals surface area contributed by atoms with Crippen LogP contribution in [0.5, 0.6) is 0 Å². The first-order valence-corrected chi connectivity index (χ1v) is 5.95. The van der Waals surface area contributed by atoms with E-state index in [4.69, 9.17) is 10.2 Å². The highest BCUT2D eigenvalue weighted by Crippen LogP contribution is 2.22. The van der Waals surface area contributed by atoms with E-state index in [1.165, 1.54) is 18.2 Å². The molecule has 104 valence electrons. The van der Waals surface area contributed by atoms with Crippen LogP contribution in [-0.2, 0) is 0 Å². The minimum absolute atomic E-state index is 0.163. The molecule has 2 N–H and O–H groups in total. The lowest BCUT2D eigenvalue weighted by atomic mass is 9.88. The maximum atomic E-state index is 11.0. The van der Waals surface area contributed by atoms with Gasteiger partial charge in [0.15, 0.2) is 0 Å². The number of carboxylic acid groups (broad SMARTS) is 2. The van der Waals surface area contributed by atoms with Crippen molar-refractivity contribution in [2.24, 2.45) is 5.41 Å². The third kappa shape index (κ3) is 3.72. The van der Waals surface area contributed by atoms with Gasteiger partial charge >= 0.3 is 11.9 Å². The molecule has 0 amide bonds. The second-order valence-electron chi connectivity index (χ2n) is 5.35. The SMILES string of the molecule is C=C(C#Cc1ccc(C(=O)O)c(C(=O)O)c1)C(C)(C)C. The van der Waals surface area contributed by atoms with Crippen LogP contribution in [-0.4, -0.2) is 22.2 Å². The van der Waals surface area contributed by atoms with Gasteiger partial charge in [-0.3, -0.25) is 0 Å². The molecule has 4 nitrogen and oxygen atoms in total. The standard InChI is InChI=1S/C16H16O4/c1-10(16(2,3)4)5-6-11-7-8-12(14(17)18)13(9-11)15(19)20/h7-9H,1H2,2-4H3,(H,17,18)(H,19,20). The normalized spacial score (nSPS) is 10.3. The van der Waals surface area contributed by atoms with Gasteiger partial charge in [0.25, 0.3) is 0 Å². The summed E-state index contributed by atoms with van der Waals surface area (Å²) in [6.07, 6.45) is 0. The van der Waals surface area contributed by atoms with Crippen LogP contribution >= 0.6 is 0 Å². The lowest BCUT2D eigenvalue weighted by molar-refractivity contribution is 0.0651. The average Bonchev–Trinajstić information content (AvgIpc) is 2.34. The van der Waals surface area contributed by atoms with Gasteiger partial charge in [-0.2, -0.15) is 0 Å². The van der Waals surface area contributed by atoms with E-state index in [2.05, 4.69) is 18.4 Å². The third-order valence-corrected chi connectivity index (χ3v) is 2.74. The van der Waals surface area contributed by atoms with E-state index in [-0.39, 0.29) is 16.5 Å². The molecule has 4 heteroatoms. The summed E-state index contributed by atoms with van der Waals surface area (Å²) in [7, 11) is 0. The lowest BCUT2D eigenvalue weighted by Crippen LogP contribution is -2.08. The zero-order valence-corrected chi connectivity index (χ0v) is 11.7. The van der Waals surface area contributed by atoms with Crippen LogP contribution < -0.4 is 0 Å². The molecule has 0 aromatic heterocycles. The Morgan fingerprint density at radius 1 is 1.10 bits per heavy atom. The van der Waals surface area contributed by atoms with E-state index in [0.29, 0.717) is 5.56 Å². The zero-order chi connectivity index (χ0) is 15.5. The summed E-state index contributed by atoms with van der Waals surface area (Å²) in [6.45, 7) is 9.78. The van der Waals surface area contributed by atoms with Crippen LogP contribution in [0, 0.1) is 17.3 Å². The van der Waals surface area contributed by atoms with Gasteiger partial charge in [0.05, 0.1) is 11.1 Å². The Bertz CT molecular complexity index is 637. The second kappa shape index (κ2) is 5.62. The van der Waals surface area contributed by atoms with Gasteiger partial charge in [0, 0.05) is 11.1 Å². The topological polar surface area (TPSA) is 74.6 Å². The molecular formula is C16H16O4. The highest BCUT2D eigenvalue weighted by molar-refractivity contribution is 6.01. The minimum atomic E-state index is -1.29. The van der Waals surface area contributed by atoms with Crippen molar-refractivity contribution >= 4 is 11.9 Å². The summed E-state index contributed by atoms with van der Waals surface area (Å²) in [4.78, 5) is 22.0. The number of hydrogen-bond donors (Lipinski definition) is 2. The van der Waals surface area contributed by atoms with Crippen molar-refractivity contribution in [3.8, 4) is 11.8 Å². The first-order valence-electron chi connectivity index (χ1n) is 5.95. The maximum absolute atomic E-state index is 11.0. The molecule has 0 saturated heterocycles. The molecule has 0 aliphatic heterocycles. The molecule has 0 saturated carbocycles. The first kappa shape index (κ1) is 15.5. The van der Waals surface area contributed by atoms with Crippen molar-refractivity contribution < 1.29 is 19.8 Å². The van der Waals surface area contributed by atoms with E-state index < -0.39 is 11.9 Å². The molecule has 0 heterocycles. The number of carboxylic acids is 2. The van der Waals surface area contributed by atoms with Crippen LogP contribution in [0.1, 0.15) is 47.1 Å². The zero-order valence-electron chi connectivity index (χ0n) is 11.7. The first-order chi connectivity index (χ1) is 9.12. The van der Waals surface area contributed by atoms with Crippen molar-refractivity contribution in [1.29, 1.82) is 0 Å². The van der Waals surface area contributed by atoms with Crippen molar-refractivity contribution in [2.45, 2.75) is 20.8 Å². The smallest absolute Gasteiger partial charge is 0.336 e. The monoisotopic (exact) mass is 272 g/mol. The van der Waals surface area contributed by atoms with Crippen LogP contribution in [0.15, 0.2) is 30.4 Å². The fourth-order valence-electron chi connectivity index (χ4n) is 1.32. The number of carbonyl (C=O) groups is 2. The van der Waals surface area contributed by atoms with Gasteiger partial charge in [-0.25, -0.2) is 9.59 Å². The third-order valence-electron chi connectivity index (χ3n) is 2.74. The number of benzene rings is 1. The van der Waals surface area contributed by atoms with Crippen LogP contribution in [0.3, 0.4) is 0 Å². The van der Waals surface area contributed by atoms with E-state index in [1.807, 2.05) is 20.8 Å². The fourth-order valence-corrected chi connectivity index (χ4v) is 1.32. The van der Waals surface area contributed by atoms with Gasteiger partial charge < -0.3 is 10.2 Å². The molecule has 1 aromatic carbocycles.